The highest BCUT2D eigenvalue weighted by Gasteiger charge is 2.24. The van der Waals surface area contributed by atoms with Gasteiger partial charge in [0.25, 0.3) is 0 Å². The van der Waals surface area contributed by atoms with Gasteiger partial charge in [-0.1, -0.05) is 182 Å². The van der Waals surface area contributed by atoms with Crippen molar-refractivity contribution < 1.29 is 4.42 Å². The van der Waals surface area contributed by atoms with E-state index in [9.17, 15) is 0 Å². The van der Waals surface area contributed by atoms with Crippen LogP contribution in [-0.4, -0.2) is 16.2 Å². The topological polar surface area (TPSA) is 56.9 Å². The van der Waals surface area contributed by atoms with Crippen LogP contribution in [0.5, 0.6) is 0 Å². The number of benzene rings is 11. The minimum atomic E-state index is -0.500. The maximum Gasteiger partial charge on any atom is 0.136 e. The molecule has 1 atom stereocenters. The first-order chi connectivity index (χ1) is 32.7. The molecule has 1 aliphatic heterocycles. The van der Waals surface area contributed by atoms with Gasteiger partial charge in [0.1, 0.15) is 11.2 Å². The third kappa shape index (κ3) is 5.60. The largest absolute Gasteiger partial charge is 0.456 e. The molecule has 3 heterocycles. The molecule has 0 saturated carbocycles. The van der Waals surface area contributed by atoms with Crippen LogP contribution in [0.3, 0.4) is 0 Å². The zero-order valence-corrected chi connectivity index (χ0v) is 35.6. The number of amidine groups is 2. The van der Waals surface area contributed by atoms with Gasteiger partial charge in [-0.05, 0) is 102 Å². The molecule has 5 nitrogen and oxygen atoms in total. The number of para-hydroxylation sites is 2. The van der Waals surface area contributed by atoms with E-state index < -0.39 is 6.17 Å². The Hall–Kier alpha value is -8.80. The second kappa shape index (κ2) is 14.4. The molecule has 1 aliphatic rings. The second-order valence-corrected chi connectivity index (χ2v) is 17.2. The third-order valence-electron chi connectivity index (χ3n) is 13.5. The van der Waals surface area contributed by atoms with Gasteiger partial charge >= 0.3 is 0 Å². The number of furan rings is 1. The van der Waals surface area contributed by atoms with Crippen molar-refractivity contribution in [1.82, 2.24) is 4.57 Å². The van der Waals surface area contributed by atoms with Crippen LogP contribution in [0, 0.1) is 0 Å². The number of aromatic nitrogens is 1. The van der Waals surface area contributed by atoms with Gasteiger partial charge < -0.3 is 19.3 Å². The summed E-state index contributed by atoms with van der Waals surface area (Å²) < 4.78 is 9.16. The smallest absolute Gasteiger partial charge is 0.136 e. The van der Waals surface area contributed by atoms with E-state index >= 15 is 0 Å². The van der Waals surface area contributed by atoms with Crippen LogP contribution >= 0.6 is 0 Å². The van der Waals surface area contributed by atoms with Crippen molar-refractivity contribution in [2.24, 2.45) is 9.98 Å². The fraction of sp³-hybridized carbons (Fsp3) is 0.0164. The molecule has 1 unspecified atom stereocenters. The van der Waals surface area contributed by atoms with Crippen molar-refractivity contribution >= 4 is 98.5 Å². The zero-order chi connectivity index (χ0) is 43.3. The van der Waals surface area contributed by atoms with Gasteiger partial charge in [-0.3, -0.25) is 4.99 Å². The molecule has 0 saturated heterocycles. The number of rotatable bonds is 5. The average molecular weight is 842 g/mol. The Balaban J connectivity index is 1.08. The van der Waals surface area contributed by atoms with Crippen LogP contribution in [0.15, 0.2) is 233 Å². The Morgan fingerprint density at radius 3 is 1.98 bits per heavy atom. The summed E-state index contributed by atoms with van der Waals surface area (Å²) >= 11 is 0. The quantitative estimate of drug-likeness (QED) is 0.159. The number of hydrogen-bond acceptors (Lipinski definition) is 3. The summed E-state index contributed by atoms with van der Waals surface area (Å²) in [6.45, 7) is 0. The Morgan fingerprint density at radius 2 is 1.12 bits per heavy atom. The monoisotopic (exact) mass is 841 g/mol. The normalized spacial score (nSPS) is 14.2. The molecule has 0 amide bonds. The minimum Gasteiger partial charge on any atom is -0.456 e. The lowest BCUT2D eigenvalue weighted by atomic mass is 9.91. The first-order valence-electron chi connectivity index (χ1n) is 22.5. The van der Waals surface area contributed by atoms with E-state index in [0.717, 1.165) is 82.6 Å². The van der Waals surface area contributed by atoms with E-state index in [4.69, 9.17) is 19.7 Å². The molecule has 2 aromatic heterocycles. The molecule has 0 radical (unpaired) electrons. The first kappa shape index (κ1) is 36.7. The van der Waals surface area contributed by atoms with Crippen molar-refractivity contribution in [3.8, 4) is 16.8 Å². The Morgan fingerprint density at radius 1 is 0.424 bits per heavy atom. The predicted octanol–water partition coefficient (Wildman–Crippen LogP) is 16.2. The van der Waals surface area contributed by atoms with Crippen LogP contribution in [-0.2, 0) is 0 Å². The van der Waals surface area contributed by atoms with Crippen molar-refractivity contribution in [3.63, 3.8) is 0 Å². The van der Waals surface area contributed by atoms with Crippen molar-refractivity contribution in [3.05, 3.63) is 240 Å². The summed E-state index contributed by atoms with van der Waals surface area (Å²) in [7, 11) is 0. The fourth-order valence-electron chi connectivity index (χ4n) is 10.5. The summed E-state index contributed by atoms with van der Waals surface area (Å²) in [5.41, 5.74) is 10.0. The lowest BCUT2D eigenvalue weighted by Crippen LogP contribution is -2.16. The molecule has 308 valence electrons. The summed E-state index contributed by atoms with van der Waals surface area (Å²) in [6, 6.07) is 77.9. The number of fused-ring (bicyclic) bond motifs is 11. The van der Waals surface area contributed by atoms with Crippen LogP contribution in [0.25, 0.3) is 109 Å². The number of aliphatic imine (C=N–C) groups is 2. The lowest BCUT2D eigenvalue weighted by molar-refractivity contribution is 0.669. The molecule has 5 heteroatoms. The molecule has 13 aromatic rings. The van der Waals surface area contributed by atoms with Crippen LogP contribution in [0.1, 0.15) is 22.9 Å². The highest BCUT2D eigenvalue weighted by molar-refractivity contribution is 6.26. The van der Waals surface area contributed by atoms with E-state index in [1.165, 1.54) is 37.7 Å². The lowest BCUT2D eigenvalue weighted by Gasteiger charge is -2.33. The third-order valence-corrected chi connectivity index (χ3v) is 13.5. The van der Waals surface area contributed by atoms with Gasteiger partial charge in [-0.2, -0.15) is 0 Å². The van der Waals surface area contributed by atoms with Crippen molar-refractivity contribution in [2.45, 2.75) is 6.17 Å². The molecule has 11 aromatic carbocycles. The van der Waals surface area contributed by atoms with Gasteiger partial charge in [0.05, 0.1) is 28.7 Å². The summed E-state index contributed by atoms with van der Waals surface area (Å²) in [5, 5.41) is 19.2. The van der Waals surface area contributed by atoms with E-state index in [2.05, 4.69) is 211 Å². The van der Waals surface area contributed by atoms with Crippen molar-refractivity contribution in [1.29, 1.82) is 0 Å². The molecule has 66 heavy (non-hydrogen) atoms. The van der Waals surface area contributed by atoms with Crippen LogP contribution < -0.4 is 0 Å². The molecule has 0 fully saturated rings. The molecule has 0 N–H and O–H groups in total. The average Bonchev–Trinajstić information content (AvgIpc) is 3.91. The Kier molecular flexibility index (Phi) is 7.98. The molecule has 14 rings (SSSR count). The first-order valence-corrected chi connectivity index (χ1v) is 22.5. The van der Waals surface area contributed by atoms with Gasteiger partial charge in [0.2, 0.25) is 0 Å². The van der Waals surface area contributed by atoms with Crippen LogP contribution in [0.4, 0.5) is 0 Å². The Labute approximate surface area is 379 Å². The zero-order valence-electron chi connectivity index (χ0n) is 35.6. The van der Waals surface area contributed by atoms with Gasteiger partial charge in [0.15, 0.2) is 0 Å². The summed E-state index contributed by atoms with van der Waals surface area (Å²) in [4.78, 5) is 10.8. The van der Waals surface area contributed by atoms with Gasteiger partial charge in [-0.15, -0.1) is 0 Å². The second-order valence-electron chi connectivity index (χ2n) is 17.2. The minimum absolute atomic E-state index is 0.500. The highest BCUT2D eigenvalue weighted by Crippen LogP contribution is 2.46. The van der Waals surface area contributed by atoms with E-state index in [1.807, 2.05) is 12.1 Å². The fourth-order valence-corrected chi connectivity index (χ4v) is 10.5. The molecule has 0 spiro atoms. The molecular formula is C61H37N4O-. The molecule has 0 bridgehead atoms. The van der Waals surface area contributed by atoms with Gasteiger partial charge in [0, 0.05) is 32.7 Å². The number of nitrogens with zero attached hydrogens (tertiary/aromatic N) is 4. The summed E-state index contributed by atoms with van der Waals surface area (Å²) in [5.74, 6) is 1.28. The SMILES string of the molecule is c1ccc(C2N=C(c3ccc(-n4c5ccccc5c5cc6ccccc6cc54)c(-c4c5ccccc5cc5oc6ccccc6c45)c3)N=C(c3cccc4c3ccc3ccccc34)[N-]2)cc1. The van der Waals surface area contributed by atoms with Crippen LogP contribution in [0.2, 0.25) is 0 Å². The standard InChI is InChI=1S/C61H37N4O/c1-2-16-38(17-3-1)59-62-60(64-61(63-59)48-26-14-25-45-43-21-8-6-15-37(43)29-31-46(45)48)42-30-32-53(65-52-27-12-10-23-47(52)50-33-39-18-4-5-19-40(39)35-54(50)65)51(34-42)57-44-22-9-7-20-41(44)36-56-58(57)49-24-11-13-28-55(49)66-56/h1-36,59H/q-1. The maximum absolute atomic E-state index is 6.71. The highest BCUT2D eigenvalue weighted by atomic mass is 16.3. The predicted molar refractivity (Wildman–Crippen MR) is 276 cm³/mol. The maximum atomic E-state index is 6.71. The van der Waals surface area contributed by atoms with Gasteiger partial charge in [-0.25, -0.2) is 0 Å². The molecule has 0 aliphatic carbocycles. The number of hydrogen-bond donors (Lipinski definition) is 0. The molecular weight excluding hydrogens is 805 g/mol. The van der Waals surface area contributed by atoms with Crippen molar-refractivity contribution in [2.75, 3.05) is 0 Å². The van der Waals surface area contributed by atoms with E-state index in [1.54, 1.807) is 0 Å². The summed E-state index contributed by atoms with van der Waals surface area (Å²) in [6.07, 6.45) is -0.500. The Bertz CT molecular complexity index is 4210. The van der Waals surface area contributed by atoms with E-state index in [-0.39, 0.29) is 0 Å². The van der Waals surface area contributed by atoms with E-state index in [0.29, 0.717) is 11.7 Å².